The summed E-state index contributed by atoms with van der Waals surface area (Å²) >= 11 is 0. The molecule has 1 aromatic carbocycles. The number of sulfonamides is 1. The van der Waals surface area contributed by atoms with Gasteiger partial charge in [0.15, 0.2) is 0 Å². The van der Waals surface area contributed by atoms with Crippen molar-refractivity contribution in [2.24, 2.45) is 0 Å². The van der Waals surface area contributed by atoms with Gasteiger partial charge in [0.05, 0.1) is 6.04 Å². The number of rotatable bonds is 5. The van der Waals surface area contributed by atoms with Crippen LogP contribution in [0, 0.1) is 6.92 Å². The largest absolute Gasteiger partial charge is 0.508 e. The Morgan fingerprint density at radius 1 is 1.38 bits per heavy atom. The molecule has 7 heteroatoms. The van der Waals surface area contributed by atoms with E-state index in [9.17, 15) is 13.5 Å². The third-order valence-electron chi connectivity index (χ3n) is 3.38. The second-order valence-corrected chi connectivity index (χ2v) is 6.96. The Hall–Kier alpha value is -1.86. The normalized spacial score (nSPS) is 13.5. The third-order valence-corrected chi connectivity index (χ3v) is 5.23. The van der Waals surface area contributed by atoms with Gasteiger partial charge in [-0.25, -0.2) is 8.42 Å². The van der Waals surface area contributed by atoms with E-state index in [4.69, 9.17) is 4.52 Å². The first-order valence-corrected chi connectivity index (χ1v) is 8.08. The SMILES string of the molecule is Cc1cc(CS(=O)(=O)N(C)C(C)c2ccccc2O)no1. The molecule has 6 nitrogen and oxygen atoms in total. The highest BCUT2D eigenvalue weighted by Crippen LogP contribution is 2.29. The van der Waals surface area contributed by atoms with E-state index < -0.39 is 16.1 Å². The zero-order valence-corrected chi connectivity index (χ0v) is 13.0. The van der Waals surface area contributed by atoms with Gasteiger partial charge in [0.2, 0.25) is 10.0 Å². The molecule has 2 rings (SSSR count). The summed E-state index contributed by atoms with van der Waals surface area (Å²) < 4.78 is 30.9. The van der Waals surface area contributed by atoms with Crippen molar-refractivity contribution in [3.8, 4) is 5.75 Å². The van der Waals surface area contributed by atoms with Crippen LogP contribution in [0.15, 0.2) is 34.9 Å². The van der Waals surface area contributed by atoms with Gasteiger partial charge in [-0.1, -0.05) is 23.4 Å². The molecule has 21 heavy (non-hydrogen) atoms. The van der Waals surface area contributed by atoms with Gasteiger partial charge in [0.1, 0.15) is 23.0 Å². The van der Waals surface area contributed by atoms with Crippen LogP contribution in [0.25, 0.3) is 0 Å². The molecule has 1 N–H and O–H groups in total. The molecule has 0 aliphatic carbocycles. The van der Waals surface area contributed by atoms with E-state index in [1.165, 1.54) is 17.4 Å². The van der Waals surface area contributed by atoms with Crippen molar-refractivity contribution < 1.29 is 18.0 Å². The third kappa shape index (κ3) is 3.43. The number of benzene rings is 1. The minimum absolute atomic E-state index is 0.0735. The Balaban J connectivity index is 2.21. The highest BCUT2D eigenvalue weighted by molar-refractivity contribution is 7.88. The molecule has 2 aromatic rings. The first kappa shape index (κ1) is 15.5. The van der Waals surface area contributed by atoms with Crippen LogP contribution < -0.4 is 0 Å². The molecule has 0 fully saturated rings. The minimum atomic E-state index is -3.56. The molecular formula is C14H18N2O4S. The number of aromatic hydroxyl groups is 1. The van der Waals surface area contributed by atoms with E-state index in [0.29, 0.717) is 17.0 Å². The maximum atomic E-state index is 12.4. The number of aryl methyl sites for hydroxylation is 1. The number of hydrogen-bond acceptors (Lipinski definition) is 5. The van der Waals surface area contributed by atoms with Gasteiger partial charge in [-0.3, -0.25) is 0 Å². The maximum Gasteiger partial charge on any atom is 0.220 e. The van der Waals surface area contributed by atoms with E-state index >= 15 is 0 Å². The number of para-hydroxylation sites is 1. The number of aromatic nitrogens is 1. The number of hydrogen-bond donors (Lipinski definition) is 1. The second-order valence-electron chi connectivity index (χ2n) is 4.94. The molecule has 0 amide bonds. The fraction of sp³-hybridized carbons (Fsp3) is 0.357. The van der Waals surface area contributed by atoms with Crippen LogP contribution in [-0.2, 0) is 15.8 Å². The first-order chi connectivity index (χ1) is 9.81. The Bertz CT molecular complexity index is 724. The molecule has 0 radical (unpaired) electrons. The topological polar surface area (TPSA) is 83.6 Å². The fourth-order valence-electron chi connectivity index (χ4n) is 2.05. The number of nitrogens with zero attached hydrogens (tertiary/aromatic N) is 2. The standard InChI is InChI=1S/C14H18N2O4S/c1-10-8-12(15-20-10)9-21(18,19)16(3)11(2)13-6-4-5-7-14(13)17/h4-8,11,17H,9H2,1-3H3. The van der Waals surface area contributed by atoms with Gasteiger partial charge < -0.3 is 9.63 Å². The lowest BCUT2D eigenvalue weighted by Gasteiger charge is -2.24. The molecule has 1 aromatic heterocycles. The van der Waals surface area contributed by atoms with Gasteiger partial charge in [-0.05, 0) is 19.9 Å². The molecule has 0 aliphatic rings. The average molecular weight is 310 g/mol. The summed E-state index contributed by atoms with van der Waals surface area (Å²) in [4.78, 5) is 0. The molecule has 0 saturated carbocycles. The summed E-state index contributed by atoms with van der Waals surface area (Å²) in [5.41, 5.74) is 0.920. The molecule has 0 saturated heterocycles. The van der Waals surface area contributed by atoms with Gasteiger partial charge in [-0.2, -0.15) is 4.31 Å². The van der Waals surface area contributed by atoms with Crippen molar-refractivity contribution in [3.05, 3.63) is 47.3 Å². The quantitative estimate of drug-likeness (QED) is 0.915. The number of phenols is 1. The predicted molar refractivity (Wildman–Crippen MR) is 78.1 cm³/mol. The van der Waals surface area contributed by atoms with Gasteiger partial charge in [-0.15, -0.1) is 0 Å². The van der Waals surface area contributed by atoms with Gasteiger partial charge >= 0.3 is 0 Å². The lowest BCUT2D eigenvalue weighted by atomic mass is 10.1. The fourth-order valence-corrected chi connectivity index (χ4v) is 3.36. The molecule has 0 aliphatic heterocycles. The van der Waals surface area contributed by atoms with Crippen LogP contribution in [0.5, 0.6) is 5.75 Å². The smallest absolute Gasteiger partial charge is 0.220 e. The molecule has 1 heterocycles. The summed E-state index contributed by atoms with van der Waals surface area (Å²) in [6, 6.07) is 7.80. The van der Waals surface area contributed by atoms with Crippen molar-refractivity contribution >= 4 is 10.0 Å². The van der Waals surface area contributed by atoms with Crippen molar-refractivity contribution in [2.45, 2.75) is 25.6 Å². The van der Waals surface area contributed by atoms with Crippen molar-refractivity contribution in [3.63, 3.8) is 0 Å². The van der Waals surface area contributed by atoms with Crippen molar-refractivity contribution in [2.75, 3.05) is 7.05 Å². The molecule has 1 unspecified atom stereocenters. The van der Waals surface area contributed by atoms with Crippen LogP contribution in [0.3, 0.4) is 0 Å². The van der Waals surface area contributed by atoms with Gasteiger partial charge in [0.25, 0.3) is 0 Å². The van der Waals surface area contributed by atoms with E-state index in [1.807, 2.05) is 0 Å². The highest BCUT2D eigenvalue weighted by Gasteiger charge is 2.27. The zero-order valence-electron chi connectivity index (χ0n) is 12.1. The van der Waals surface area contributed by atoms with Crippen LogP contribution >= 0.6 is 0 Å². The zero-order chi connectivity index (χ0) is 15.6. The van der Waals surface area contributed by atoms with Crippen LogP contribution in [0.2, 0.25) is 0 Å². The van der Waals surface area contributed by atoms with Gasteiger partial charge in [0, 0.05) is 18.7 Å². The predicted octanol–water partition coefficient (Wildman–Crippen LogP) is 2.21. The summed E-state index contributed by atoms with van der Waals surface area (Å²) in [6.45, 7) is 3.43. The molecule has 0 bridgehead atoms. The number of phenolic OH excluding ortho intramolecular Hbond substituents is 1. The van der Waals surface area contributed by atoms with Crippen LogP contribution in [-0.4, -0.2) is 30.0 Å². The van der Waals surface area contributed by atoms with E-state index in [1.54, 1.807) is 38.1 Å². The molecule has 0 spiro atoms. The second kappa shape index (κ2) is 5.87. The van der Waals surface area contributed by atoms with E-state index in [0.717, 1.165) is 0 Å². The van der Waals surface area contributed by atoms with Crippen LogP contribution in [0.4, 0.5) is 0 Å². The summed E-state index contributed by atoms with van der Waals surface area (Å²) in [7, 11) is -2.08. The average Bonchev–Trinajstić information content (AvgIpc) is 2.82. The Kier molecular flexibility index (Phi) is 4.34. The van der Waals surface area contributed by atoms with E-state index in [2.05, 4.69) is 5.16 Å². The summed E-state index contributed by atoms with van der Waals surface area (Å²) in [5, 5.41) is 13.5. The van der Waals surface area contributed by atoms with Crippen molar-refractivity contribution in [1.29, 1.82) is 0 Å². The summed E-state index contributed by atoms with van der Waals surface area (Å²) in [6.07, 6.45) is 0. The first-order valence-electron chi connectivity index (χ1n) is 6.47. The Labute approximate surface area is 124 Å². The van der Waals surface area contributed by atoms with Crippen LogP contribution in [0.1, 0.15) is 30.0 Å². The molecule has 114 valence electrons. The molecular weight excluding hydrogens is 292 g/mol. The highest BCUT2D eigenvalue weighted by atomic mass is 32.2. The molecule has 1 atom stereocenters. The van der Waals surface area contributed by atoms with Crippen molar-refractivity contribution in [1.82, 2.24) is 9.46 Å². The Morgan fingerprint density at radius 3 is 2.62 bits per heavy atom. The minimum Gasteiger partial charge on any atom is -0.508 e. The monoisotopic (exact) mass is 310 g/mol. The summed E-state index contributed by atoms with van der Waals surface area (Å²) in [5.74, 6) is 0.402. The lowest BCUT2D eigenvalue weighted by molar-refractivity contribution is 0.376. The maximum absolute atomic E-state index is 12.4. The lowest BCUT2D eigenvalue weighted by Crippen LogP contribution is -2.31. The van der Waals surface area contributed by atoms with E-state index in [-0.39, 0.29) is 11.5 Å². The Morgan fingerprint density at radius 2 is 2.05 bits per heavy atom.